The summed E-state index contributed by atoms with van der Waals surface area (Å²) in [5, 5.41) is 0.461. The normalized spacial score (nSPS) is 14.4. The van der Waals surface area contributed by atoms with Crippen molar-refractivity contribution in [3.63, 3.8) is 0 Å². The molecule has 2 heterocycles. The highest BCUT2D eigenvalue weighted by Gasteiger charge is 2.17. The first-order valence-corrected chi connectivity index (χ1v) is 6.67. The molecule has 0 bridgehead atoms. The zero-order chi connectivity index (χ0) is 13.2. The van der Waals surface area contributed by atoms with Gasteiger partial charge in [-0.15, -0.1) is 11.6 Å². The average Bonchev–Trinajstić information content (AvgIpc) is 2.88. The number of nitrogens with zero attached hydrogens (tertiary/aromatic N) is 1. The number of pyridine rings is 1. The first kappa shape index (κ1) is 12.6. The third-order valence-electron chi connectivity index (χ3n) is 3.01. The van der Waals surface area contributed by atoms with Crippen molar-refractivity contribution in [3.05, 3.63) is 52.8 Å². The second-order valence-corrected chi connectivity index (χ2v) is 5.19. The Hall–Kier alpha value is -1.45. The largest absolute Gasteiger partial charge is 0.454 e. The fourth-order valence-corrected chi connectivity index (χ4v) is 2.49. The smallest absolute Gasteiger partial charge is 0.231 e. The molecular weight excluding hydrogens is 285 g/mol. The molecule has 1 atom stereocenters. The predicted octanol–water partition coefficient (Wildman–Crippen LogP) is 3.99. The lowest BCUT2D eigenvalue weighted by atomic mass is 10.0. The maximum Gasteiger partial charge on any atom is 0.231 e. The molecule has 0 amide bonds. The van der Waals surface area contributed by atoms with Gasteiger partial charge in [-0.05, 0) is 35.7 Å². The van der Waals surface area contributed by atoms with Gasteiger partial charge in [0.05, 0.1) is 10.4 Å². The van der Waals surface area contributed by atoms with Gasteiger partial charge >= 0.3 is 0 Å². The van der Waals surface area contributed by atoms with E-state index >= 15 is 0 Å². The van der Waals surface area contributed by atoms with Crippen molar-refractivity contribution in [2.75, 3.05) is 6.79 Å². The molecule has 98 valence electrons. The van der Waals surface area contributed by atoms with Gasteiger partial charge in [-0.25, -0.2) is 0 Å². The monoisotopic (exact) mass is 295 g/mol. The molecule has 1 aromatic carbocycles. The second-order valence-electron chi connectivity index (χ2n) is 4.25. The highest BCUT2D eigenvalue weighted by molar-refractivity contribution is 6.31. The summed E-state index contributed by atoms with van der Waals surface area (Å²) >= 11 is 12.5. The van der Waals surface area contributed by atoms with Gasteiger partial charge in [0.2, 0.25) is 6.79 Å². The maximum absolute atomic E-state index is 6.44. The van der Waals surface area contributed by atoms with Crippen LogP contribution in [0.1, 0.15) is 16.5 Å². The number of hydrogen-bond donors (Lipinski definition) is 0. The van der Waals surface area contributed by atoms with Crippen LogP contribution in [0.5, 0.6) is 11.5 Å². The summed E-state index contributed by atoms with van der Waals surface area (Å²) in [6, 6.07) is 7.61. The van der Waals surface area contributed by atoms with E-state index < -0.39 is 0 Å². The van der Waals surface area contributed by atoms with E-state index in [1.54, 1.807) is 12.4 Å². The number of aromatic nitrogens is 1. The molecule has 0 N–H and O–H groups in total. The summed E-state index contributed by atoms with van der Waals surface area (Å²) in [5.41, 5.74) is 1.97. The molecular formula is C14H11Cl2NO2. The number of hydrogen-bond acceptors (Lipinski definition) is 3. The quantitative estimate of drug-likeness (QED) is 0.803. The summed E-state index contributed by atoms with van der Waals surface area (Å²) in [4.78, 5) is 3.96. The lowest BCUT2D eigenvalue weighted by molar-refractivity contribution is 0.174. The van der Waals surface area contributed by atoms with Crippen molar-refractivity contribution >= 4 is 23.2 Å². The summed E-state index contributed by atoms with van der Waals surface area (Å²) in [6.45, 7) is 0.266. The molecule has 0 radical (unpaired) electrons. The van der Waals surface area contributed by atoms with Crippen LogP contribution in [0.15, 0.2) is 36.7 Å². The molecule has 0 saturated heterocycles. The van der Waals surface area contributed by atoms with Crippen LogP contribution in [-0.4, -0.2) is 11.8 Å². The van der Waals surface area contributed by atoms with Gasteiger partial charge in [0, 0.05) is 12.4 Å². The van der Waals surface area contributed by atoms with Crippen LogP contribution < -0.4 is 9.47 Å². The summed E-state index contributed by atoms with van der Waals surface area (Å²) in [5.74, 6) is 1.50. The molecule has 2 aromatic rings. The Bertz CT molecular complexity index is 604. The molecule has 1 unspecified atom stereocenters. The Morgan fingerprint density at radius 1 is 1.21 bits per heavy atom. The molecule has 1 aliphatic rings. The SMILES string of the molecule is Clc1cnccc1CC(Cl)c1ccc2c(c1)OCO2. The van der Waals surface area contributed by atoms with Crippen LogP contribution in [-0.2, 0) is 6.42 Å². The minimum Gasteiger partial charge on any atom is -0.454 e. The Morgan fingerprint density at radius 2 is 2.05 bits per heavy atom. The van der Waals surface area contributed by atoms with E-state index in [2.05, 4.69) is 4.98 Å². The van der Waals surface area contributed by atoms with Crippen molar-refractivity contribution in [3.8, 4) is 11.5 Å². The summed E-state index contributed by atoms with van der Waals surface area (Å²) < 4.78 is 10.6. The zero-order valence-electron chi connectivity index (χ0n) is 9.98. The zero-order valence-corrected chi connectivity index (χ0v) is 11.5. The van der Waals surface area contributed by atoms with E-state index in [1.807, 2.05) is 24.3 Å². The van der Waals surface area contributed by atoms with Crippen LogP contribution in [0.2, 0.25) is 5.02 Å². The number of halogens is 2. The molecule has 0 spiro atoms. The van der Waals surface area contributed by atoms with Crippen LogP contribution in [0.3, 0.4) is 0 Å². The van der Waals surface area contributed by atoms with Gasteiger partial charge in [-0.1, -0.05) is 17.7 Å². The van der Waals surface area contributed by atoms with E-state index in [4.69, 9.17) is 32.7 Å². The lowest BCUT2D eigenvalue weighted by Gasteiger charge is -2.11. The standard InChI is InChI=1S/C14H11Cl2NO2/c15-11(5-10-3-4-17-7-12(10)16)9-1-2-13-14(6-9)19-8-18-13/h1-4,6-7,11H,5,8H2. The minimum absolute atomic E-state index is 0.172. The average molecular weight is 296 g/mol. The van der Waals surface area contributed by atoms with Gasteiger partial charge in [0.1, 0.15) is 0 Å². The number of ether oxygens (including phenoxy) is 2. The number of fused-ring (bicyclic) bond motifs is 1. The lowest BCUT2D eigenvalue weighted by Crippen LogP contribution is -1.97. The Labute approximate surface area is 121 Å². The third kappa shape index (κ3) is 2.62. The highest BCUT2D eigenvalue weighted by Crippen LogP contribution is 2.37. The molecule has 0 aliphatic carbocycles. The fraction of sp³-hybridized carbons (Fsp3) is 0.214. The second kappa shape index (κ2) is 5.27. The molecule has 0 fully saturated rings. The fourth-order valence-electron chi connectivity index (χ4n) is 1.99. The molecule has 1 aliphatic heterocycles. The predicted molar refractivity (Wildman–Crippen MR) is 74.1 cm³/mol. The van der Waals surface area contributed by atoms with E-state index in [9.17, 15) is 0 Å². The molecule has 3 nitrogen and oxygen atoms in total. The maximum atomic E-state index is 6.44. The van der Waals surface area contributed by atoms with Crippen LogP contribution in [0, 0.1) is 0 Å². The number of rotatable bonds is 3. The van der Waals surface area contributed by atoms with Crippen molar-refractivity contribution in [2.24, 2.45) is 0 Å². The van der Waals surface area contributed by atoms with Crippen LogP contribution in [0.4, 0.5) is 0 Å². The topological polar surface area (TPSA) is 31.4 Å². The van der Waals surface area contributed by atoms with E-state index in [-0.39, 0.29) is 12.2 Å². The Morgan fingerprint density at radius 3 is 2.89 bits per heavy atom. The van der Waals surface area contributed by atoms with Gasteiger partial charge in [0.15, 0.2) is 11.5 Å². The van der Waals surface area contributed by atoms with Crippen molar-refractivity contribution in [1.29, 1.82) is 0 Å². The molecule has 0 saturated carbocycles. The van der Waals surface area contributed by atoms with Crippen LogP contribution in [0.25, 0.3) is 0 Å². The van der Waals surface area contributed by atoms with Gasteiger partial charge in [-0.3, -0.25) is 4.98 Å². The van der Waals surface area contributed by atoms with E-state index in [0.29, 0.717) is 11.4 Å². The van der Waals surface area contributed by atoms with Gasteiger partial charge in [0.25, 0.3) is 0 Å². The first-order chi connectivity index (χ1) is 9.24. The summed E-state index contributed by atoms with van der Waals surface area (Å²) in [7, 11) is 0. The highest BCUT2D eigenvalue weighted by atomic mass is 35.5. The number of alkyl halides is 1. The Balaban J connectivity index is 1.81. The first-order valence-electron chi connectivity index (χ1n) is 5.86. The molecule has 5 heteroatoms. The van der Waals surface area contributed by atoms with Crippen LogP contribution >= 0.6 is 23.2 Å². The van der Waals surface area contributed by atoms with Crippen molar-refractivity contribution < 1.29 is 9.47 Å². The van der Waals surface area contributed by atoms with Gasteiger partial charge in [-0.2, -0.15) is 0 Å². The van der Waals surface area contributed by atoms with Crippen molar-refractivity contribution in [1.82, 2.24) is 4.98 Å². The summed E-state index contributed by atoms with van der Waals surface area (Å²) in [6.07, 6.45) is 3.98. The van der Waals surface area contributed by atoms with Crippen molar-refractivity contribution in [2.45, 2.75) is 11.8 Å². The number of benzene rings is 1. The van der Waals surface area contributed by atoms with Gasteiger partial charge < -0.3 is 9.47 Å². The Kier molecular flexibility index (Phi) is 3.49. The van der Waals surface area contributed by atoms with E-state index in [1.165, 1.54) is 0 Å². The molecule has 19 heavy (non-hydrogen) atoms. The van der Waals surface area contributed by atoms with E-state index in [0.717, 1.165) is 22.6 Å². The molecule has 3 rings (SSSR count). The molecule has 1 aromatic heterocycles. The third-order valence-corrected chi connectivity index (χ3v) is 3.76. The minimum atomic E-state index is -0.172.